The van der Waals surface area contributed by atoms with Crippen LogP contribution in [0, 0.1) is 24.0 Å². The van der Waals surface area contributed by atoms with Crippen LogP contribution < -0.4 is 11.6 Å². The summed E-state index contributed by atoms with van der Waals surface area (Å²) in [5.41, 5.74) is 7.12. The Morgan fingerprint density at radius 2 is 1.70 bits per heavy atom. The molecule has 1 unspecified atom stereocenters. The van der Waals surface area contributed by atoms with Crippen molar-refractivity contribution in [3.8, 4) is 23.5 Å². The van der Waals surface area contributed by atoms with Gasteiger partial charge in [-0.05, 0) is 36.2 Å². The van der Waals surface area contributed by atoms with Crippen LogP contribution in [0.1, 0.15) is 38.0 Å². The summed E-state index contributed by atoms with van der Waals surface area (Å²) >= 11 is 6.02. The van der Waals surface area contributed by atoms with E-state index < -0.39 is 17.7 Å². The van der Waals surface area contributed by atoms with E-state index in [0.717, 1.165) is 31.3 Å². The Bertz CT molecular complexity index is 811. The zero-order valence-corrected chi connectivity index (χ0v) is 16.3. The number of aliphatic hydroxyl groups excluding tert-OH is 1. The number of terminal acetylenes is 1. The minimum absolute atomic E-state index is 0.103. The van der Waals surface area contributed by atoms with Crippen molar-refractivity contribution in [2.75, 3.05) is 18.8 Å². The second-order valence-corrected chi connectivity index (χ2v) is 6.22. The molecule has 0 amide bonds. The Balaban J connectivity index is 0.000000527. The number of aliphatic hydroxyl groups is 1. The SMILES string of the molecule is C#Cc1c(Cl)cc(C(C)O)c(-c2cc(F)cc(F)c2)c1N.CCN(N)CC. The zero-order valence-electron chi connectivity index (χ0n) is 15.6. The van der Waals surface area contributed by atoms with Crippen LogP contribution >= 0.6 is 11.6 Å². The maximum absolute atomic E-state index is 13.4. The van der Waals surface area contributed by atoms with Crippen LogP contribution in [0.3, 0.4) is 0 Å². The average molecular weight is 396 g/mol. The van der Waals surface area contributed by atoms with Crippen LogP contribution in [0.2, 0.25) is 5.02 Å². The molecule has 0 spiro atoms. The van der Waals surface area contributed by atoms with Crippen molar-refractivity contribution in [3.05, 3.63) is 52.0 Å². The van der Waals surface area contributed by atoms with E-state index in [1.54, 1.807) is 5.01 Å². The van der Waals surface area contributed by atoms with Crippen molar-refractivity contribution in [1.82, 2.24) is 5.01 Å². The first kappa shape index (κ1) is 22.9. The molecule has 0 aliphatic heterocycles. The third-order valence-corrected chi connectivity index (χ3v) is 4.20. The second kappa shape index (κ2) is 10.2. The molecule has 0 heterocycles. The molecule has 0 fully saturated rings. The van der Waals surface area contributed by atoms with E-state index >= 15 is 0 Å². The molecule has 0 saturated heterocycles. The third kappa shape index (κ3) is 5.91. The van der Waals surface area contributed by atoms with Gasteiger partial charge in [-0.25, -0.2) is 13.8 Å². The lowest BCUT2D eigenvalue weighted by molar-refractivity contribution is 0.200. The number of nitrogen functional groups attached to an aromatic ring is 1. The van der Waals surface area contributed by atoms with E-state index in [0.29, 0.717) is 5.56 Å². The fourth-order valence-corrected chi connectivity index (χ4v) is 2.68. The number of benzene rings is 2. The summed E-state index contributed by atoms with van der Waals surface area (Å²) in [6, 6.07) is 4.44. The molecular formula is C20H24ClF2N3O. The Morgan fingerprint density at radius 1 is 1.19 bits per heavy atom. The van der Waals surface area contributed by atoms with Gasteiger partial charge in [0.1, 0.15) is 11.6 Å². The summed E-state index contributed by atoms with van der Waals surface area (Å²) in [4.78, 5) is 0. The normalized spacial score (nSPS) is 11.6. The molecule has 27 heavy (non-hydrogen) atoms. The number of hydrazine groups is 1. The molecule has 0 radical (unpaired) electrons. The van der Waals surface area contributed by atoms with Gasteiger partial charge < -0.3 is 10.8 Å². The fraction of sp³-hybridized carbons (Fsp3) is 0.300. The van der Waals surface area contributed by atoms with E-state index in [1.807, 2.05) is 13.8 Å². The molecule has 1 atom stereocenters. The molecule has 2 aromatic rings. The van der Waals surface area contributed by atoms with Gasteiger partial charge in [-0.3, -0.25) is 5.84 Å². The number of nitrogens with two attached hydrogens (primary N) is 2. The maximum Gasteiger partial charge on any atom is 0.126 e. The maximum atomic E-state index is 13.4. The average Bonchev–Trinajstić information content (AvgIpc) is 2.60. The number of hydrogen-bond donors (Lipinski definition) is 3. The monoisotopic (exact) mass is 395 g/mol. The van der Waals surface area contributed by atoms with E-state index in [2.05, 4.69) is 5.92 Å². The van der Waals surface area contributed by atoms with Crippen LogP contribution in [0.5, 0.6) is 0 Å². The van der Waals surface area contributed by atoms with Gasteiger partial charge in [0.15, 0.2) is 0 Å². The summed E-state index contributed by atoms with van der Waals surface area (Å²) in [7, 11) is 0. The fourth-order valence-electron chi connectivity index (χ4n) is 2.41. The predicted octanol–water partition coefficient (Wildman–Crippen LogP) is 4.10. The highest BCUT2D eigenvalue weighted by Crippen LogP contribution is 2.39. The van der Waals surface area contributed by atoms with Gasteiger partial charge >= 0.3 is 0 Å². The number of halogens is 3. The van der Waals surface area contributed by atoms with Crippen molar-refractivity contribution in [2.45, 2.75) is 26.9 Å². The van der Waals surface area contributed by atoms with Crippen molar-refractivity contribution < 1.29 is 13.9 Å². The van der Waals surface area contributed by atoms with Crippen molar-refractivity contribution in [3.63, 3.8) is 0 Å². The zero-order chi connectivity index (χ0) is 20.7. The highest BCUT2D eigenvalue weighted by molar-refractivity contribution is 6.32. The summed E-state index contributed by atoms with van der Waals surface area (Å²) in [5.74, 6) is 6.15. The minimum Gasteiger partial charge on any atom is -0.397 e. The van der Waals surface area contributed by atoms with Crippen LogP contribution in [-0.4, -0.2) is 23.2 Å². The predicted molar refractivity (Wildman–Crippen MR) is 107 cm³/mol. The first-order chi connectivity index (χ1) is 12.7. The number of nitrogens with zero attached hydrogens (tertiary/aromatic N) is 1. The molecule has 0 aromatic heterocycles. The van der Waals surface area contributed by atoms with Gasteiger partial charge in [0, 0.05) is 24.7 Å². The van der Waals surface area contributed by atoms with Crippen molar-refractivity contribution in [2.24, 2.45) is 5.84 Å². The Hall–Kier alpha value is -2.17. The van der Waals surface area contributed by atoms with Crippen LogP contribution in [0.25, 0.3) is 11.1 Å². The molecule has 4 nitrogen and oxygen atoms in total. The summed E-state index contributed by atoms with van der Waals surface area (Å²) in [6.45, 7) is 7.44. The van der Waals surface area contributed by atoms with Gasteiger partial charge in [-0.1, -0.05) is 31.4 Å². The van der Waals surface area contributed by atoms with E-state index in [-0.39, 0.29) is 27.4 Å². The Labute approximate surface area is 163 Å². The van der Waals surface area contributed by atoms with E-state index in [4.69, 9.17) is 29.6 Å². The largest absolute Gasteiger partial charge is 0.397 e. The van der Waals surface area contributed by atoms with Crippen LogP contribution in [0.4, 0.5) is 14.5 Å². The standard InChI is InChI=1S/C16H12ClF2NO.C4H12N2/c1-3-12-14(17)7-13(8(2)21)15(16(12)20)9-4-10(18)6-11(19)5-9;1-3-6(5)4-2/h1,4-8,21H,20H2,2H3;3-5H2,1-2H3. The third-order valence-electron chi connectivity index (χ3n) is 3.91. The molecule has 0 aliphatic rings. The quantitative estimate of drug-likeness (QED) is 0.315. The molecule has 0 saturated carbocycles. The number of rotatable bonds is 4. The summed E-state index contributed by atoms with van der Waals surface area (Å²) < 4.78 is 26.9. The highest BCUT2D eigenvalue weighted by atomic mass is 35.5. The lowest BCUT2D eigenvalue weighted by atomic mass is 9.92. The molecule has 0 aliphatic carbocycles. The second-order valence-electron chi connectivity index (χ2n) is 5.81. The molecule has 2 aromatic carbocycles. The summed E-state index contributed by atoms with van der Waals surface area (Å²) in [6.07, 6.45) is 4.43. The molecular weight excluding hydrogens is 372 g/mol. The minimum atomic E-state index is -0.932. The smallest absolute Gasteiger partial charge is 0.126 e. The van der Waals surface area contributed by atoms with E-state index in [1.165, 1.54) is 13.0 Å². The van der Waals surface area contributed by atoms with Gasteiger partial charge in [0.2, 0.25) is 0 Å². The van der Waals surface area contributed by atoms with Gasteiger partial charge in [-0.2, -0.15) is 0 Å². The number of hydrogen-bond acceptors (Lipinski definition) is 4. The highest BCUT2D eigenvalue weighted by Gasteiger charge is 2.19. The number of anilines is 1. The van der Waals surface area contributed by atoms with Gasteiger partial charge in [0.25, 0.3) is 0 Å². The molecule has 7 heteroatoms. The molecule has 5 N–H and O–H groups in total. The Kier molecular flexibility index (Phi) is 8.67. The van der Waals surface area contributed by atoms with Crippen molar-refractivity contribution in [1.29, 1.82) is 0 Å². The Morgan fingerprint density at radius 3 is 2.07 bits per heavy atom. The van der Waals surface area contributed by atoms with Gasteiger partial charge in [-0.15, -0.1) is 6.42 Å². The van der Waals surface area contributed by atoms with Crippen molar-refractivity contribution >= 4 is 17.3 Å². The first-order valence-corrected chi connectivity index (χ1v) is 8.76. The lowest BCUT2D eigenvalue weighted by Gasteiger charge is -2.18. The van der Waals surface area contributed by atoms with E-state index in [9.17, 15) is 13.9 Å². The van der Waals surface area contributed by atoms with Crippen LogP contribution in [0.15, 0.2) is 24.3 Å². The molecule has 146 valence electrons. The molecule has 0 bridgehead atoms. The first-order valence-electron chi connectivity index (χ1n) is 8.38. The van der Waals surface area contributed by atoms with Crippen LogP contribution in [-0.2, 0) is 0 Å². The summed E-state index contributed by atoms with van der Waals surface area (Å²) in [5, 5.41) is 11.8. The topological polar surface area (TPSA) is 75.5 Å². The lowest BCUT2D eigenvalue weighted by Crippen LogP contribution is -2.29. The molecule has 2 rings (SSSR count). The van der Waals surface area contributed by atoms with Gasteiger partial charge in [0.05, 0.1) is 22.4 Å².